The number of thiophene rings is 1. The molecule has 0 bridgehead atoms. The van der Waals surface area contributed by atoms with E-state index in [0.717, 1.165) is 23.5 Å². The van der Waals surface area contributed by atoms with E-state index in [4.69, 9.17) is 9.47 Å². The molecule has 1 atom stereocenters. The van der Waals surface area contributed by atoms with Gasteiger partial charge in [0, 0.05) is 4.88 Å². The monoisotopic (exact) mass is 326 g/mol. The van der Waals surface area contributed by atoms with E-state index in [1.165, 1.54) is 4.88 Å². The van der Waals surface area contributed by atoms with Crippen LogP contribution in [0.1, 0.15) is 15.3 Å². The molecule has 18 heavy (non-hydrogen) atoms. The lowest BCUT2D eigenvalue weighted by atomic mass is 10.1. The average Bonchev–Trinajstić information content (AvgIpc) is 2.90. The van der Waals surface area contributed by atoms with Crippen LogP contribution in [0.25, 0.3) is 0 Å². The van der Waals surface area contributed by atoms with Crippen LogP contribution in [0, 0.1) is 0 Å². The first kappa shape index (κ1) is 13.4. The summed E-state index contributed by atoms with van der Waals surface area (Å²) in [7, 11) is 3.37. The Hall–Kier alpha value is -1.00. The number of methoxy groups -OCH3 is 2. The first-order valence-electron chi connectivity index (χ1n) is 5.63. The van der Waals surface area contributed by atoms with Gasteiger partial charge in [-0.25, -0.2) is 0 Å². The molecule has 0 amide bonds. The minimum absolute atomic E-state index is 0.183. The van der Waals surface area contributed by atoms with Gasteiger partial charge in [0.05, 0.1) is 24.6 Å². The van der Waals surface area contributed by atoms with Crippen LogP contribution in [0.4, 0.5) is 0 Å². The lowest BCUT2D eigenvalue weighted by Gasteiger charge is -2.17. The van der Waals surface area contributed by atoms with E-state index in [1.807, 2.05) is 18.2 Å². The number of hydrogen-bond donors (Lipinski definition) is 0. The maximum absolute atomic E-state index is 5.42. The molecule has 1 aromatic carbocycles. The molecule has 1 heterocycles. The smallest absolute Gasteiger partial charge is 0.126 e. The molecule has 1 unspecified atom stereocenters. The fraction of sp³-hybridized carbons (Fsp3) is 0.286. The van der Waals surface area contributed by atoms with Crippen LogP contribution in [0.3, 0.4) is 0 Å². The summed E-state index contributed by atoms with van der Waals surface area (Å²) in [6.45, 7) is 0. The van der Waals surface area contributed by atoms with Crippen molar-refractivity contribution in [2.24, 2.45) is 0 Å². The van der Waals surface area contributed by atoms with Gasteiger partial charge in [-0.15, -0.1) is 11.3 Å². The SMILES string of the molecule is COc1cccc(OC)c1C(Br)Cc1cccs1. The highest BCUT2D eigenvalue weighted by atomic mass is 79.9. The molecule has 0 aliphatic carbocycles. The fourth-order valence-corrected chi connectivity index (χ4v) is 3.66. The highest BCUT2D eigenvalue weighted by Crippen LogP contribution is 2.40. The Morgan fingerprint density at radius 1 is 1.11 bits per heavy atom. The summed E-state index contributed by atoms with van der Waals surface area (Å²) < 4.78 is 10.8. The van der Waals surface area contributed by atoms with Crippen molar-refractivity contribution in [3.8, 4) is 11.5 Å². The quantitative estimate of drug-likeness (QED) is 0.756. The Labute approximate surface area is 120 Å². The molecule has 0 saturated carbocycles. The summed E-state index contributed by atoms with van der Waals surface area (Å²) in [6.07, 6.45) is 0.925. The van der Waals surface area contributed by atoms with Crippen LogP contribution in [-0.4, -0.2) is 14.2 Å². The minimum atomic E-state index is 0.183. The number of hydrogen-bond acceptors (Lipinski definition) is 3. The van der Waals surface area contributed by atoms with Crippen molar-refractivity contribution in [3.05, 3.63) is 46.2 Å². The fourth-order valence-electron chi connectivity index (χ4n) is 1.90. The summed E-state index contributed by atoms with van der Waals surface area (Å²) in [5, 5.41) is 2.09. The zero-order chi connectivity index (χ0) is 13.0. The molecule has 2 nitrogen and oxygen atoms in total. The molecule has 0 spiro atoms. The van der Waals surface area contributed by atoms with Crippen LogP contribution in [0.2, 0.25) is 0 Å². The second kappa shape index (κ2) is 6.25. The zero-order valence-electron chi connectivity index (χ0n) is 10.4. The van der Waals surface area contributed by atoms with E-state index in [-0.39, 0.29) is 4.83 Å². The van der Waals surface area contributed by atoms with Gasteiger partial charge in [0.15, 0.2) is 0 Å². The topological polar surface area (TPSA) is 18.5 Å². The zero-order valence-corrected chi connectivity index (χ0v) is 12.8. The second-order valence-electron chi connectivity index (χ2n) is 3.83. The van der Waals surface area contributed by atoms with Crippen LogP contribution in [0.15, 0.2) is 35.7 Å². The van der Waals surface area contributed by atoms with Crippen LogP contribution in [0.5, 0.6) is 11.5 Å². The van der Waals surface area contributed by atoms with Gasteiger partial charge in [0.2, 0.25) is 0 Å². The Morgan fingerprint density at radius 2 is 1.78 bits per heavy atom. The predicted molar refractivity (Wildman–Crippen MR) is 79.2 cm³/mol. The molecular formula is C14H15BrO2S. The maximum atomic E-state index is 5.42. The third-order valence-electron chi connectivity index (χ3n) is 2.74. The lowest BCUT2D eigenvalue weighted by Crippen LogP contribution is -2.01. The van der Waals surface area contributed by atoms with Gasteiger partial charge in [0.25, 0.3) is 0 Å². The van der Waals surface area contributed by atoms with Crippen molar-refractivity contribution in [2.75, 3.05) is 14.2 Å². The number of rotatable bonds is 5. The van der Waals surface area contributed by atoms with Gasteiger partial charge in [-0.2, -0.15) is 0 Å². The molecular weight excluding hydrogens is 312 g/mol. The Morgan fingerprint density at radius 3 is 2.28 bits per heavy atom. The minimum Gasteiger partial charge on any atom is -0.496 e. The highest BCUT2D eigenvalue weighted by Gasteiger charge is 2.19. The molecule has 0 aliphatic heterocycles. The first-order valence-corrected chi connectivity index (χ1v) is 7.43. The molecule has 0 saturated heterocycles. The molecule has 0 fully saturated rings. The standard InChI is InChI=1S/C14H15BrO2S/c1-16-12-6-3-7-13(17-2)14(12)11(15)9-10-5-4-8-18-10/h3-8,11H,9H2,1-2H3. The predicted octanol–water partition coefficient (Wildman–Crippen LogP) is 4.44. The third kappa shape index (κ3) is 2.87. The van der Waals surface area contributed by atoms with Crippen LogP contribution in [-0.2, 0) is 6.42 Å². The van der Waals surface area contributed by atoms with Crippen molar-refractivity contribution in [3.63, 3.8) is 0 Å². The molecule has 1 aromatic heterocycles. The summed E-state index contributed by atoms with van der Waals surface area (Å²) in [5.74, 6) is 1.71. The van der Waals surface area contributed by atoms with E-state index in [2.05, 4.69) is 33.4 Å². The molecule has 4 heteroatoms. The maximum Gasteiger partial charge on any atom is 0.126 e. The molecule has 2 aromatic rings. The summed E-state index contributed by atoms with van der Waals surface area (Å²) in [6, 6.07) is 10.1. The molecule has 0 N–H and O–H groups in total. The normalized spacial score (nSPS) is 12.2. The summed E-state index contributed by atoms with van der Waals surface area (Å²) in [4.78, 5) is 1.52. The Bertz CT molecular complexity index is 474. The van der Waals surface area contributed by atoms with Gasteiger partial charge in [-0.3, -0.25) is 0 Å². The highest BCUT2D eigenvalue weighted by molar-refractivity contribution is 9.09. The third-order valence-corrected chi connectivity index (χ3v) is 4.42. The van der Waals surface area contributed by atoms with Crippen molar-refractivity contribution < 1.29 is 9.47 Å². The average molecular weight is 327 g/mol. The van der Waals surface area contributed by atoms with E-state index in [0.29, 0.717) is 0 Å². The number of ether oxygens (including phenoxy) is 2. The van der Waals surface area contributed by atoms with Crippen LogP contribution < -0.4 is 9.47 Å². The molecule has 2 rings (SSSR count). The van der Waals surface area contributed by atoms with Gasteiger partial charge in [0.1, 0.15) is 11.5 Å². The molecule has 96 valence electrons. The van der Waals surface area contributed by atoms with E-state index < -0.39 is 0 Å². The van der Waals surface area contributed by atoms with Crippen molar-refractivity contribution >= 4 is 27.3 Å². The molecule has 0 radical (unpaired) electrons. The number of halogens is 1. The largest absolute Gasteiger partial charge is 0.496 e. The van der Waals surface area contributed by atoms with Crippen molar-refractivity contribution in [2.45, 2.75) is 11.2 Å². The second-order valence-corrected chi connectivity index (χ2v) is 5.96. The van der Waals surface area contributed by atoms with Gasteiger partial charge in [-0.1, -0.05) is 28.1 Å². The summed E-state index contributed by atoms with van der Waals surface area (Å²) in [5.41, 5.74) is 1.07. The summed E-state index contributed by atoms with van der Waals surface area (Å²) >= 11 is 5.50. The van der Waals surface area contributed by atoms with Crippen LogP contribution >= 0.6 is 27.3 Å². The van der Waals surface area contributed by atoms with Gasteiger partial charge >= 0.3 is 0 Å². The Kier molecular flexibility index (Phi) is 4.66. The van der Waals surface area contributed by atoms with E-state index >= 15 is 0 Å². The number of alkyl halides is 1. The van der Waals surface area contributed by atoms with E-state index in [9.17, 15) is 0 Å². The van der Waals surface area contributed by atoms with E-state index in [1.54, 1.807) is 25.6 Å². The number of benzene rings is 1. The Balaban J connectivity index is 2.30. The van der Waals surface area contributed by atoms with Gasteiger partial charge in [-0.05, 0) is 30.0 Å². The lowest BCUT2D eigenvalue weighted by molar-refractivity contribution is 0.385. The molecule has 0 aliphatic rings. The van der Waals surface area contributed by atoms with Crippen molar-refractivity contribution in [1.29, 1.82) is 0 Å². The van der Waals surface area contributed by atoms with Gasteiger partial charge < -0.3 is 9.47 Å². The van der Waals surface area contributed by atoms with Crippen molar-refractivity contribution in [1.82, 2.24) is 0 Å². The first-order chi connectivity index (χ1) is 8.76.